The summed E-state index contributed by atoms with van der Waals surface area (Å²) in [6, 6.07) is 8.45. The van der Waals surface area contributed by atoms with Gasteiger partial charge in [-0.15, -0.1) is 11.3 Å². The van der Waals surface area contributed by atoms with Crippen molar-refractivity contribution in [2.45, 2.75) is 11.1 Å². The fourth-order valence-electron chi connectivity index (χ4n) is 1.92. The largest absolute Gasteiger partial charge is 0.311 e. The van der Waals surface area contributed by atoms with Crippen LogP contribution in [-0.2, 0) is 14.8 Å². The molecule has 0 saturated carbocycles. The third kappa shape index (κ3) is 4.74. The van der Waals surface area contributed by atoms with Crippen molar-refractivity contribution in [3.63, 3.8) is 0 Å². The minimum Gasteiger partial charge on any atom is -0.311 e. The molecule has 0 aliphatic heterocycles. The SMILES string of the molecule is CC(=O)N(CCNS(=O)(=O)c1ccc(Cl)s1)c1cccc(F)c1. The Bertz CT molecular complexity index is 808. The van der Waals surface area contributed by atoms with Crippen LogP contribution in [0, 0.1) is 5.82 Å². The van der Waals surface area contributed by atoms with E-state index in [2.05, 4.69) is 4.72 Å². The van der Waals surface area contributed by atoms with Gasteiger partial charge in [0.25, 0.3) is 0 Å². The van der Waals surface area contributed by atoms with Crippen LogP contribution in [-0.4, -0.2) is 27.4 Å². The molecule has 5 nitrogen and oxygen atoms in total. The fourth-order valence-corrected chi connectivity index (χ4v) is 4.47. The van der Waals surface area contributed by atoms with E-state index in [0.29, 0.717) is 10.0 Å². The van der Waals surface area contributed by atoms with Crippen molar-refractivity contribution < 1.29 is 17.6 Å². The van der Waals surface area contributed by atoms with Crippen molar-refractivity contribution in [3.05, 3.63) is 46.6 Å². The lowest BCUT2D eigenvalue weighted by atomic mass is 10.2. The summed E-state index contributed by atoms with van der Waals surface area (Å²) in [5.41, 5.74) is 0.371. The summed E-state index contributed by atoms with van der Waals surface area (Å²) >= 11 is 6.67. The van der Waals surface area contributed by atoms with Gasteiger partial charge in [-0.2, -0.15) is 0 Å². The minimum atomic E-state index is -3.68. The summed E-state index contributed by atoms with van der Waals surface area (Å²) < 4.78 is 40.3. The maximum Gasteiger partial charge on any atom is 0.250 e. The van der Waals surface area contributed by atoms with Gasteiger partial charge in [-0.3, -0.25) is 4.79 Å². The van der Waals surface area contributed by atoms with E-state index >= 15 is 0 Å². The molecule has 23 heavy (non-hydrogen) atoms. The predicted molar refractivity (Wildman–Crippen MR) is 88.9 cm³/mol. The number of hydrogen-bond donors (Lipinski definition) is 1. The molecule has 9 heteroatoms. The highest BCUT2D eigenvalue weighted by Gasteiger charge is 2.18. The maximum atomic E-state index is 13.3. The first-order valence-electron chi connectivity index (χ1n) is 6.58. The van der Waals surface area contributed by atoms with Crippen LogP contribution in [0.2, 0.25) is 4.34 Å². The molecular weight excluding hydrogens is 363 g/mol. The van der Waals surface area contributed by atoms with E-state index in [4.69, 9.17) is 11.6 Å². The molecule has 0 atom stereocenters. The average Bonchev–Trinajstić information content (AvgIpc) is 2.90. The van der Waals surface area contributed by atoms with E-state index in [1.54, 1.807) is 6.07 Å². The monoisotopic (exact) mass is 376 g/mol. The van der Waals surface area contributed by atoms with Crippen molar-refractivity contribution in [1.29, 1.82) is 0 Å². The second kappa shape index (κ2) is 7.39. The molecule has 0 fully saturated rings. The van der Waals surface area contributed by atoms with Gasteiger partial charge >= 0.3 is 0 Å². The number of hydrogen-bond acceptors (Lipinski definition) is 4. The van der Waals surface area contributed by atoms with Gasteiger partial charge in [-0.05, 0) is 30.3 Å². The zero-order chi connectivity index (χ0) is 17.0. The Morgan fingerprint density at radius 1 is 1.35 bits per heavy atom. The number of amides is 1. The Labute approximate surface area is 142 Å². The Morgan fingerprint density at radius 2 is 2.09 bits per heavy atom. The van der Waals surface area contributed by atoms with Gasteiger partial charge in [0.15, 0.2) is 0 Å². The van der Waals surface area contributed by atoms with Gasteiger partial charge in [0, 0.05) is 25.7 Å². The van der Waals surface area contributed by atoms with Gasteiger partial charge in [0.2, 0.25) is 15.9 Å². The molecule has 2 aromatic rings. The zero-order valence-corrected chi connectivity index (χ0v) is 14.5. The molecule has 2 rings (SSSR count). The van der Waals surface area contributed by atoms with Crippen molar-refractivity contribution in [2.75, 3.05) is 18.0 Å². The quantitative estimate of drug-likeness (QED) is 0.843. The summed E-state index contributed by atoms with van der Waals surface area (Å²) in [7, 11) is -3.68. The van der Waals surface area contributed by atoms with Crippen molar-refractivity contribution in [2.24, 2.45) is 0 Å². The van der Waals surface area contributed by atoms with Crippen LogP contribution in [0.5, 0.6) is 0 Å². The van der Waals surface area contributed by atoms with Crippen LogP contribution in [0.4, 0.5) is 10.1 Å². The van der Waals surface area contributed by atoms with E-state index in [9.17, 15) is 17.6 Å². The molecule has 1 amide bonds. The molecule has 0 unspecified atom stereocenters. The first-order chi connectivity index (χ1) is 10.8. The molecule has 1 aromatic heterocycles. The summed E-state index contributed by atoms with van der Waals surface area (Å²) in [5.74, 6) is -0.781. The normalized spacial score (nSPS) is 11.4. The van der Waals surface area contributed by atoms with Crippen LogP contribution >= 0.6 is 22.9 Å². The summed E-state index contributed by atoms with van der Waals surface area (Å²) in [6.07, 6.45) is 0. The number of nitrogens with one attached hydrogen (secondary N) is 1. The number of carbonyl (C=O) groups is 1. The number of benzene rings is 1. The molecule has 1 aromatic carbocycles. The Balaban J connectivity index is 2.04. The highest BCUT2D eigenvalue weighted by Crippen LogP contribution is 2.25. The second-order valence-electron chi connectivity index (χ2n) is 4.61. The number of sulfonamides is 1. The Hall–Kier alpha value is -1.48. The van der Waals surface area contributed by atoms with Gasteiger partial charge in [0.1, 0.15) is 10.0 Å². The smallest absolute Gasteiger partial charge is 0.250 e. The zero-order valence-electron chi connectivity index (χ0n) is 12.1. The molecule has 0 spiro atoms. The molecule has 0 radical (unpaired) electrons. The summed E-state index contributed by atoms with van der Waals surface area (Å²) in [5, 5.41) is 0. The Kier molecular flexibility index (Phi) is 5.74. The summed E-state index contributed by atoms with van der Waals surface area (Å²) in [6.45, 7) is 1.41. The molecule has 0 bridgehead atoms. The van der Waals surface area contributed by atoms with Crippen LogP contribution in [0.25, 0.3) is 0 Å². The molecule has 0 aliphatic carbocycles. The molecule has 124 valence electrons. The lowest BCUT2D eigenvalue weighted by molar-refractivity contribution is -0.116. The fraction of sp³-hybridized carbons (Fsp3) is 0.214. The third-order valence-corrected chi connectivity index (χ3v) is 6.12. The van der Waals surface area contributed by atoms with E-state index < -0.39 is 15.8 Å². The van der Waals surface area contributed by atoms with E-state index in [1.807, 2.05) is 0 Å². The first kappa shape index (κ1) is 17.9. The standard InChI is InChI=1S/C14H14ClFN2O3S2/c1-10(19)18(12-4-2-3-11(16)9-12)8-7-17-23(20,21)14-6-5-13(15)22-14/h2-6,9,17H,7-8H2,1H3. The molecular formula is C14H14ClFN2O3S2. The molecule has 0 aliphatic rings. The predicted octanol–water partition coefficient (Wildman–Crippen LogP) is 2.87. The second-order valence-corrected chi connectivity index (χ2v) is 8.32. The van der Waals surface area contributed by atoms with Crippen LogP contribution in [0.15, 0.2) is 40.6 Å². The van der Waals surface area contributed by atoms with Crippen LogP contribution in [0.1, 0.15) is 6.92 Å². The van der Waals surface area contributed by atoms with Gasteiger partial charge in [-0.1, -0.05) is 17.7 Å². The highest BCUT2D eigenvalue weighted by molar-refractivity contribution is 7.91. The van der Waals surface area contributed by atoms with Gasteiger partial charge < -0.3 is 4.90 Å². The third-order valence-electron chi connectivity index (χ3n) is 2.94. The van der Waals surface area contributed by atoms with Crippen molar-refractivity contribution in [3.8, 4) is 0 Å². The van der Waals surface area contributed by atoms with Gasteiger partial charge in [0.05, 0.1) is 4.34 Å². The lowest BCUT2D eigenvalue weighted by Gasteiger charge is -2.21. The van der Waals surface area contributed by atoms with Gasteiger partial charge in [-0.25, -0.2) is 17.5 Å². The number of nitrogens with zero attached hydrogens (tertiary/aromatic N) is 1. The van der Waals surface area contributed by atoms with Crippen LogP contribution in [0.3, 0.4) is 0 Å². The topological polar surface area (TPSA) is 66.5 Å². The summed E-state index contributed by atoms with van der Waals surface area (Å²) in [4.78, 5) is 13.0. The number of rotatable bonds is 6. The molecule has 1 N–H and O–H groups in total. The minimum absolute atomic E-state index is 0.00601. The van der Waals surface area contributed by atoms with E-state index in [-0.39, 0.29) is 23.2 Å². The number of anilines is 1. The van der Waals surface area contributed by atoms with E-state index in [1.165, 1.54) is 42.2 Å². The van der Waals surface area contributed by atoms with Crippen molar-refractivity contribution in [1.82, 2.24) is 4.72 Å². The molecule has 0 saturated heterocycles. The Morgan fingerprint density at radius 3 is 2.65 bits per heavy atom. The highest BCUT2D eigenvalue weighted by atomic mass is 35.5. The lowest BCUT2D eigenvalue weighted by Crippen LogP contribution is -2.37. The number of thiophene rings is 1. The van der Waals surface area contributed by atoms with Crippen LogP contribution < -0.4 is 9.62 Å². The van der Waals surface area contributed by atoms with E-state index in [0.717, 1.165) is 11.3 Å². The average molecular weight is 377 g/mol. The van der Waals surface area contributed by atoms with Crippen molar-refractivity contribution >= 4 is 44.6 Å². The molecule has 1 heterocycles. The number of carbonyl (C=O) groups excluding carboxylic acids is 1. The first-order valence-corrected chi connectivity index (χ1v) is 9.26. The number of halogens is 2. The maximum absolute atomic E-state index is 13.3.